The Labute approximate surface area is 312 Å². The quantitative estimate of drug-likeness (QED) is 0.120. The van der Waals surface area contributed by atoms with E-state index in [1.807, 2.05) is 49.8 Å². The molecule has 0 unspecified atom stereocenters. The van der Waals surface area contributed by atoms with Crippen molar-refractivity contribution in [2.45, 2.75) is 141 Å². The van der Waals surface area contributed by atoms with Crippen LogP contribution in [0.4, 0.5) is 0 Å². The second-order valence-corrected chi connectivity index (χ2v) is 29.9. The first-order chi connectivity index (χ1) is 23.6. The molecule has 3 aromatic heterocycles. The highest BCUT2D eigenvalue weighted by Gasteiger charge is 2.43. The van der Waals surface area contributed by atoms with E-state index in [4.69, 9.17) is 23.9 Å². The van der Waals surface area contributed by atoms with Gasteiger partial charge >= 0.3 is 0 Å². The molecule has 4 atom stereocenters. The van der Waals surface area contributed by atoms with Gasteiger partial charge in [-0.05, 0) is 113 Å². The van der Waals surface area contributed by atoms with Gasteiger partial charge in [0.05, 0.1) is 41.4 Å². The number of hydrogen-bond acceptors (Lipinski definition) is 7. The predicted octanol–water partition coefficient (Wildman–Crippen LogP) is 10.3. The summed E-state index contributed by atoms with van der Waals surface area (Å²) in [5.74, 6) is 1.02. The number of hydrogen-bond donors (Lipinski definition) is 1. The van der Waals surface area contributed by atoms with Gasteiger partial charge < -0.3 is 13.4 Å². The molecule has 5 rings (SSSR count). The molecule has 0 saturated heterocycles. The smallest absolute Gasteiger partial charge is 0.192 e. The van der Waals surface area contributed by atoms with Crippen LogP contribution in [0.3, 0.4) is 0 Å². The fourth-order valence-electron chi connectivity index (χ4n) is 5.95. The molecule has 4 aromatic rings. The van der Waals surface area contributed by atoms with Crippen molar-refractivity contribution < 1.29 is 13.4 Å². The molecule has 1 saturated carbocycles. The Morgan fingerprint density at radius 1 is 0.882 bits per heavy atom. The molecule has 1 N–H and O–H groups in total. The van der Waals surface area contributed by atoms with Crippen molar-refractivity contribution in [3.05, 3.63) is 72.2 Å². The zero-order valence-electron chi connectivity index (χ0n) is 33.3. The number of rotatable bonds is 11. The summed E-state index contributed by atoms with van der Waals surface area (Å²) in [6.45, 7) is 29.3. The van der Waals surface area contributed by atoms with Gasteiger partial charge in [0.2, 0.25) is 0 Å². The van der Waals surface area contributed by atoms with Gasteiger partial charge in [0.1, 0.15) is 4.75 Å². The number of nitrogens with zero attached hydrogens (tertiary/aromatic N) is 4. The number of fused-ring (bicyclic) bond motifs is 1. The summed E-state index contributed by atoms with van der Waals surface area (Å²) in [5, 5.41) is 6.05. The number of pyridine rings is 2. The average molecular weight is 748 g/mol. The molecule has 0 bridgehead atoms. The third-order valence-electron chi connectivity index (χ3n) is 11.3. The molecule has 0 spiro atoms. The summed E-state index contributed by atoms with van der Waals surface area (Å²) in [6.07, 6.45) is 5.03. The molecule has 1 fully saturated rings. The first-order valence-electron chi connectivity index (χ1n) is 18.5. The van der Waals surface area contributed by atoms with E-state index < -0.39 is 32.7 Å². The van der Waals surface area contributed by atoms with Crippen molar-refractivity contribution in [3.63, 3.8) is 0 Å². The van der Waals surface area contributed by atoms with Crippen LogP contribution in [-0.2, 0) is 26.8 Å². The van der Waals surface area contributed by atoms with E-state index in [-0.39, 0.29) is 28.1 Å². The molecule has 1 aliphatic carbocycles. The fourth-order valence-corrected chi connectivity index (χ4v) is 9.19. The average Bonchev–Trinajstić information content (AvgIpc) is 3.67. The van der Waals surface area contributed by atoms with E-state index in [0.29, 0.717) is 6.61 Å². The van der Waals surface area contributed by atoms with Crippen molar-refractivity contribution in [1.82, 2.24) is 24.5 Å². The lowest BCUT2D eigenvalue weighted by atomic mass is 9.95. The highest BCUT2D eigenvalue weighted by molar-refractivity contribution is 7.90. The van der Waals surface area contributed by atoms with E-state index in [1.54, 1.807) is 0 Å². The Bertz CT molecular complexity index is 1810. The first kappa shape index (κ1) is 39.8. The molecule has 278 valence electrons. The maximum Gasteiger partial charge on any atom is 0.192 e. The monoisotopic (exact) mass is 747 g/mol. The van der Waals surface area contributed by atoms with Gasteiger partial charge in [-0.2, -0.15) is 5.10 Å². The molecular weight excluding hydrogens is 687 g/mol. The van der Waals surface area contributed by atoms with Crippen LogP contribution in [0.25, 0.3) is 28.0 Å². The van der Waals surface area contributed by atoms with E-state index in [9.17, 15) is 4.55 Å². The molecule has 0 aliphatic heterocycles. The molecule has 1 aliphatic rings. The van der Waals surface area contributed by atoms with Gasteiger partial charge in [0, 0.05) is 28.4 Å². The maximum atomic E-state index is 13.6. The normalized spacial score (nSPS) is 19.1. The fraction of sp³-hybridized carbons (Fsp3) is 0.575. The third-order valence-corrected chi connectivity index (χ3v) is 21.9. The Kier molecular flexibility index (Phi) is 11.6. The molecule has 0 radical (unpaired) electrons. The van der Waals surface area contributed by atoms with Crippen molar-refractivity contribution in [1.29, 1.82) is 0 Å². The molecule has 3 heterocycles. The lowest BCUT2D eigenvalue weighted by Gasteiger charge is -2.38. The van der Waals surface area contributed by atoms with Crippen molar-refractivity contribution in [2.24, 2.45) is 5.92 Å². The Balaban J connectivity index is 1.43. The molecule has 11 heteroatoms. The summed E-state index contributed by atoms with van der Waals surface area (Å²) in [7, 11) is -3.83. The van der Waals surface area contributed by atoms with Gasteiger partial charge in [0.15, 0.2) is 22.5 Å². The van der Waals surface area contributed by atoms with Crippen LogP contribution >= 0.6 is 0 Å². The van der Waals surface area contributed by atoms with Gasteiger partial charge in [-0.15, -0.1) is 4.72 Å². The topological polar surface area (TPSA) is 97.2 Å². The molecule has 1 aromatic carbocycles. The SMILES string of the molecule is CC(C)(C)[S@@+]([O-])N[C@@H](c1cccc(-c2ccc3cnn(-c4cccc(CO[Si](C)(C)C(C)(C)C)n4)c3c2)n1)[C@@H]1CC[C@@H](O[Si](C)(C)C(C)(C)C)C1. The molecule has 0 amide bonds. The Morgan fingerprint density at radius 3 is 2.24 bits per heavy atom. The van der Waals surface area contributed by atoms with Gasteiger partial charge in [-0.3, -0.25) is 4.98 Å². The van der Waals surface area contributed by atoms with Crippen LogP contribution in [0.15, 0.2) is 60.8 Å². The Morgan fingerprint density at radius 2 is 1.57 bits per heavy atom. The van der Waals surface area contributed by atoms with Crippen LogP contribution in [0.5, 0.6) is 0 Å². The zero-order chi connectivity index (χ0) is 37.6. The van der Waals surface area contributed by atoms with Crippen molar-refractivity contribution in [3.8, 4) is 17.1 Å². The number of benzene rings is 1. The summed E-state index contributed by atoms with van der Waals surface area (Å²) in [5.41, 5.74) is 4.62. The van der Waals surface area contributed by atoms with E-state index in [2.05, 4.69) is 109 Å². The third kappa shape index (κ3) is 9.23. The van der Waals surface area contributed by atoms with E-state index in [0.717, 1.165) is 58.6 Å². The summed E-state index contributed by atoms with van der Waals surface area (Å²) < 4.78 is 31.9. The van der Waals surface area contributed by atoms with Crippen molar-refractivity contribution in [2.75, 3.05) is 0 Å². The second-order valence-electron chi connectivity index (χ2n) is 18.4. The molecular formula is C40H61N5O3SSi2. The van der Waals surface area contributed by atoms with Crippen LogP contribution in [-0.4, -0.2) is 51.8 Å². The lowest BCUT2D eigenvalue weighted by Crippen LogP contribution is -2.44. The summed E-state index contributed by atoms with van der Waals surface area (Å²) in [6, 6.07) is 18.4. The minimum absolute atomic E-state index is 0.128. The van der Waals surface area contributed by atoms with Gasteiger partial charge in [-0.25, -0.2) is 9.67 Å². The minimum atomic E-state index is -1.92. The highest BCUT2D eigenvalue weighted by Crippen LogP contribution is 2.43. The summed E-state index contributed by atoms with van der Waals surface area (Å²) >= 11 is -1.26. The maximum absolute atomic E-state index is 13.6. The number of nitrogens with one attached hydrogen (secondary N) is 1. The van der Waals surface area contributed by atoms with Crippen LogP contribution in [0.1, 0.15) is 99.0 Å². The van der Waals surface area contributed by atoms with Crippen LogP contribution in [0, 0.1) is 5.92 Å². The van der Waals surface area contributed by atoms with E-state index >= 15 is 0 Å². The van der Waals surface area contributed by atoms with E-state index in [1.165, 1.54) is 0 Å². The van der Waals surface area contributed by atoms with Gasteiger partial charge in [0.25, 0.3) is 0 Å². The van der Waals surface area contributed by atoms with Crippen LogP contribution in [0.2, 0.25) is 36.3 Å². The van der Waals surface area contributed by atoms with Crippen molar-refractivity contribution >= 4 is 38.9 Å². The predicted molar refractivity (Wildman–Crippen MR) is 217 cm³/mol. The lowest BCUT2D eigenvalue weighted by molar-refractivity contribution is 0.179. The standard InChI is InChI=1S/C40H61N5O3SSi2/c1-38(2,3)49(46)44-37(29-22-23-32(24-29)48-51(12,13)40(7,8)9)34-18-15-17-33(43-34)28-20-21-30-26-41-45(35(30)25-28)36-19-14-16-31(42-36)27-47-50(10,11)39(4,5)6/h14-21,25-26,29,32,37,44H,22-24,27H2,1-13H3/t29-,32-,37-,49-/m1/s1. The van der Waals surface area contributed by atoms with Crippen LogP contribution < -0.4 is 4.72 Å². The molecule has 51 heavy (non-hydrogen) atoms. The number of aromatic nitrogens is 4. The first-order valence-corrected chi connectivity index (χ1v) is 25.4. The zero-order valence-corrected chi connectivity index (χ0v) is 36.1. The highest BCUT2D eigenvalue weighted by atomic mass is 32.2. The summed E-state index contributed by atoms with van der Waals surface area (Å²) in [4.78, 5) is 10.2. The molecule has 8 nitrogen and oxygen atoms in total. The van der Waals surface area contributed by atoms with Gasteiger partial charge in [-0.1, -0.05) is 65.8 Å². The minimum Gasteiger partial charge on any atom is -0.598 e. The Hall–Kier alpha value is -2.39. The second kappa shape index (κ2) is 14.8. The largest absolute Gasteiger partial charge is 0.598 e.